The number of carboxylic acids is 1. The number of nitrogens with zero attached hydrogens (tertiary/aromatic N) is 1. The zero-order valence-corrected chi connectivity index (χ0v) is 11.6. The number of carbonyl (C=O) groups is 1. The van der Waals surface area contributed by atoms with E-state index in [2.05, 4.69) is 36.9 Å². The number of aryl methyl sites for hydroxylation is 2. The van der Waals surface area contributed by atoms with Crippen molar-refractivity contribution in [3.8, 4) is 0 Å². The van der Waals surface area contributed by atoms with Crippen molar-refractivity contribution in [1.29, 1.82) is 0 Å². The van der Waals surface area contributed by atoms with Gasteiger partial charge >= 0.3 is 5.97 Å². The second kappa shape index (κ2) is 6.17. The van der Waals surface area contributed by atoms with Crippen LogP contribution in [0.3, 0.4) is 0 Å². The fourth-order valence-electron chi connectivity index (χ4n) is 2.59. The van der Waals surface area contributed by atoms with E-state index in [1.165, 1.54) is 16.7 Å². The van der Waals surface area contributed by atoms with Gasteiger partial charge in [0.1, 0.15) is 0 Å². The average Bonchev–Trinajstić information content (AvgIpc) is 2.35. The first kappa shape index (κ1) is 14.0. The number of morpholine rings is 1. The van der Waals surface area contributed by atoms with Crippen LogP contribution in [0.1, 0.15) is 23.1 Å². The standard InChI is InChI=1S/C15H21NO3/c1-11-4-3-5-12(2)14(11)9-16-6-7-19-10-13(16)8-15(17)18/h3-5,13H,6-10H2,1-2H3,(H,17,18). The first-order valence-corrected chi connectivity index (χ1v) is 6.66. The molecule has 1 aliphatic rings. The number of hydrogen-bond donors (Lipinski definition) is 1. The quantitative estimate of drug-likeness (QED) is 0.902. The summed E-state index contributed by atoms with van der Waals surface area (Å²) in [7, 11) is 0. The number of carboxylic acid groups (broad SMARTS) is 1. The third-order valence-corrected chi connectivity index (χ3v) is 3.77. The molecule has 1 N–H and O–H groups in total. The molecule has 0 amide bonds. The largest absolute Gasteiger partial charge is 0.481 e. The molecular weight excluding hydrogens is 242 g/mol. The van der Waals surface area contributed by atoms with E-state index in [1.807, 2.05) is 0 Å². The van der Waals surface area contributed by atoms with Gasteiger partial charge in [0.25, 0.3) is 0 Å². The second-order valence-corrected chi connectivity index (χ2v) is 5.17. The number of hydrogen-bond acceptors (Lipinski definition) is 3. The third-order valence-electron chi connectivity index (χ3n) is 3.77. The molecule has 1 fully saturated rings. The molecule has 0 aliphatic carbocycles. The van der Waals surface area contributed by atoms with Gasteiger partial charge in [0.2, 0.25) is 0 Å². The Morgan fingerprint density at radius 1 is 1.42 bits per heavy atom. The Kier molecular flexibility index (Phi) is 4.56. The lowest BCUT2D eigenvalue weighted by molar-refractivity contribution is -0.140. The van der Waals surface area contributed by atoms with Gasteiger partial charge in [-0.15, -0.1) is 0 Å². The van der Waals surface area contributed by atoms with Crippen molar-refractivity contribution in [1.82, 2.24) is 4.90 Å². The minimum Gasteiger partial charge on any atom is -0.481 e. The molecule has 1 unspecified atom stereocenters. The molecule has 4 nitrogen and oxygen atoms in total. The normalized spacial score (nSPS) is 20.4. The lowest BCUT2D eigenvalue weighted by Gasteiger charge is -2.35. The predicted octanol–water partition coefficient (Wildman–Crippen LogP) is 1.98. The van der Waals surface area contributed by atoms with Crippen LogP contribution >= 0.6 is 0 Å². The minimum absolute atomic E-state index is 0.0229. The van der Waals surface area contributed by atoms with Gasteiger partial charge < -0.3 is 9.84 Å². The van der Waals surface area contributed by atoms with Gasteiger partial charge in [0, 0.05) is 19.1 Å². The highest BCUT2D eigenvalue weighted by Gasteiger charge is 2.25. The van der Waals surface area contributed by atoms with Crippen LogP contribution in [0.25, 0.3) is 0 Å². The fourth-order valence-corrected chi connectivity index (χ4v) is 2.59. The zero-order chi connectivity index (χ0) is 13.8. The van der Waals surface area contributed by atoms with Crippen LogP contribution in [0.5, 0.6) is 0 Å². The minimum atomic E-state index is -0.762. The predicted molar refractivity (Wildman–Crippen MR) is 73.2 cm³/mol. The Morgan fingerprint density at radius 2 is 2.11 bits per heavy atom. The fraction of sp³-hybridized carbons (Fsp3) is 0.533. The summed E-state index contributed by atoms with van der Waals surface area (Å²) < 4.78 is 5.41. The Balaban J connectivity index is 2.13. The van der Waals surface area contributed by atoms with Crippen LogP contribution in [-0.4, -0.2) is 41.8 Å². The Morgan fingerprint density at radius 3 is 2.74 bits per heavy atom. The monoisotopic (exact) mass is 263 g/mol. The molecule has 2 rings (SSSR count). The first-order chi connectivity index (χ1) is 9.08. The van der Waals surface area contributed by atoms with Crippen LogP contribution in [0, 0.1) is 13.8 Å². The smallest absolute Gasteiger partial charge is 0.305 e. The van der Waals surface area contributed by atoms with Crippen LogP contribution in [-0.2, 0) is 16.1 Å². The number of ether oxygens (including phenoxy) is 1. The average molecular weight is 263 g/mol. The van der Waals surface area contributed by atoms with E-state index in [9.17, 15) is 4.79 Å². The molecule has 4 heteroatoms. The molecule has 104 valence electrons. The van der Waals surface area contributed by atoms with Crippen molar-refractivity contribution in [3.63, 3.8) is 0 Å². The molecule has 1 heterocycles. The Labute approximate surface area is 114 Å². The zero-order valence-electron chi connectivity index (χ0n) is 11.6. The van der Waals surface area contributed by atoms with Crippen molar-refractivity contribution in [2.24, 2.45) is 0 Å². The second-order valence-electron chi connectivity index (χ2n) is 5.17. The maximum Gasteiger partial charge on any atom is 0.305 e. The summed E-state index contributed by atoms with van der Waals surface area (Å²) in [6.07, 6.45) is 0.144. The Bertz CT molecular complexity index is 438. The molecule has 0 radical (unpaired) electrons. The van der Waals surface area contributed by atoms with Gasteiger partial charge in [-0.05, 0) is 30.5 Å². The molecule has 0 bridgehead atoms. The molecule has 1 aromatic carbocycles. The third kappa shape index (κ3) is 3.55. The summed E-state index contributed by atoms with van der Waals surface area (Å²) in [5, 5.41) is 8.98. The van der Waals surface area contributed by atoms with Crippen molar-refractivity contribution in [3.05, 3.63) is 34.9 Å². The molecule has 19 heavy (non-hydrogen) atoms. The first-order valence-electron chi connectivity index (χ1n) is 6.66. The molecule has 1 saturated heterocycles. The summed E-state index contributed by atoms with van der Waals surface area (Å²) in [6, 6.07) is 6.25. The van der Waals surface area contributed by atoms with Crippen molar-refractivity contribution >= 4 is 5.97 Å². The topological polar surface area (TPSA) is 49.8 Å². The van der Waals surface area contributed by atoms with Gasteiger partial charge in [0.15, 0.2) is 0 Å². The van der Waals surface area contributed by atoms with E-state index in [-0.39, 0.29) is 12.5 Å². The molecule has 0 spiro atoms. The lowest BCUT2D eigenvalue weighted by Crippen LogP contribution is -2.46. The van der Waals surface area contributed by atoms with Crippen LogP contribution < -0.4 is 0 Å². The maximum absolute atomic E-state index is 10.9. The lowest BCUT2D eigenvalue weighted by atomic mass is 10.0. The van der Waals surface area contributed by atoms with Crippen LogP contribution in [0.4, 0.5) is 0 Å². The van der Waals surface area contributed by atoms with Gasteiger partial charge in [-0.25, -0.2) is 0 Å². The Hall–Kier alpha value is -1.39. The van der Waals surface area contributed by atoms with E-state index in [0.29, 0.717) is 13.2 Å². The number of benzene rings is 1. The van der Waals surface area contributed by atoms with E-state index in [0.717, 1.165) is 13.1 Å². The highest BCUT2D eigenvalue weighted by Crippen LogP contribution is 2.20. The number of aliphatic carboxylic acids is 1. The molecule has 0 saturated carbocycles. The van der Waals surface area contributed by atoms with E-state index >= 15 is 0 Å². The number of rotatable bonds is 4. The molecular formula is C15H21NO3. The van der Waals surface area contributed by atoms with Crippen molar-refractivity contribution < 1.29 is 14.6 Å². The summed E-state index contributed by atoms with van der Waals surface area (Å²) in [5.41, 5.74) is 3.83. The van der Waals surface area contributed by atoms with E-state index < -0.39 is 5.97 Å². The summed E-state index contributed by atoms with van der Waals surface area (Å²) >= 11 is 0. The van der Waals surface area contributed by atoms with Gasteiger partial charge in [-0.3, -0.25) is 9.69 Å². The highest BCUT2D eigenvalue weighted by molar-refractivity contribution is 5.67. The molecule has 0 aromatic heterocycles. The molecule has 1 aromatic rings. The summed E-state index contributed by atoms with van der Waals surface area (Å²) in [5.74, 6) is -0.762. The SMILES string of the molecule is Cc1cccc(C)c1CN1CCOCC1CC(=O)O. The van der Waals surface area contributed by atoms with Gasteiger partial charge in [-0.1, -0.05) is 18.2 Å². The van der Waals surface area contributed by atoms with E-state index in [4.69, 9.17) is 9.84 Å². The molecule has 1 aliphatic heterocycles. The highest BCUT2D eigenvalue weighted by atomic mass is 16.5. The van der Waals surface area contributed by atoms with Crippen LogP contribution in [0.2, 0.25) is 0 Å². The van der Waals surface area contributed by atoms with Crippen LogP contribution in [0.15, 0.2) is 18.2 Å². The van der Waals surface area contributed by atoms with Gasteiger partial charge in [-0.2, -0.15) is 0 Å². The summed E-state index contributed by atoms with van der Waals surface area (Å²) in [6.45, 7) is 7.01. The van der Waals surface area contributed by atoms with Crippen molar-refractivity contribution in [2.45, 2.75) is 32.9 Å². The van der Waals surface area contributed by atoms with E-state index in [1.54, 1.807) is 0 Å². The molecule has 1 atom stereocenters. The van der Waals surface area contributed by atoms with Gasteiger partial charge in [0.05, 0.1) is 19.6 Å². The van der Waals surface area contributed by atoms with Crippen molar-refractivity contribution in [2.75, 3.05) is 19.8 Å². The maximum atomic E-state index is 10.9. The summed E-state index contributed by atoms with van der Waals surface area (Å²) in [4.78, 5) is 13.1.